The van der Waals surface area contributed by atoms with Gasteiger partial charge in [-0.15, -0.1) is 0 Å². The zero-order valence-corrected chi connectivity index (χ0v) is 8.68. The Labute approximate surface area is 80.5 Å². The van der Waals surface area contributed by atoms with Crippen molar-refractivity contribution in [2.45, 2.75) is 39.2 Å². The van der Waals surface area contributed by atoms with E-state index in [-0.39, 0.29) is 11.9 Å². The first-order chi connectivity index (χ1) is 6.29. The summed E-state index contributed by atoms with van der Waals surface area (Å²) >= 11 is 0. The molecule has 3 heteroatoms. The lowest BCUT2D eigenvalue weighted by Crippen LogP contribution is -2.43. The van der Waals surface area contributed by atoms with E-state index in [0.717, 1.165) is 38.9 Å². The van der Waals surface area contributed by atoms with E-state index >= 15 is 0 Å². The summed E-state index contributed by atoms with van der Waals surface area (Å²) in [6.45, 7) is 7.08. The van der Waals surface area contributed by atoms with Gasteiger partial charge in [0.25, 0.3) is 0 Å². The Morgan fingerprint density at radius 3 is 2.92 bits per heavy atom. The largest absolute Gasteiger partial charge is 0.355 e. The van der Waals surface area contributed by atoms with Gasteiger partial charge in [0.05, 0.1) is 6.04 Å². The van der Waals surface area contributed by atoms with Gasteiger partial charge in [-0.2, -0.15) is 0 Å². The fraction of sp³-hybridized carbons (Fsp3) is 0.900. The number of hydrogen-bond acceptors (Lipinski definition) is 2. The second kappa shape index (κ2) is 5.22. The minimum absolute atomic E-state index is 0.150. The highest BCUT2D eigenvalue weighted by molar-refractivity contribution is 5.81. The Bertz CT molecular complexity index is 170. The minimum Gasteiger partial charge on any atom is -0.355 e. The Morgan fingerprint density at radius 2 is 2.31 bits per heavy atom. The number of likely N-dealkylation sites (N-methyl/N-ethyl adjacent to an activating group) is 1. The van der Waals surface area contributed by atoms with Crippen LogP contribution >= 0.6 is 0 Å². The molecule has 0 aromatic carbocycles. The number of carbonyl (C=O) groups excluding carboxylic acids is 1. The summed E-state index contributed by atoms with van der Waals surface area (Å²) in [4.78, 5) is 13.9. The SMILES string of the molecule is CCCNC(=O)C1CCCN1CC. The molecule has 1 atom stereocenters. The van der Waals surface area contributed by atoms with Crippen molar-refractivity contribution in [3.05, 3.63) is 0 Å². The van der Waals surface area contributed by atoms with Gasteiger partial charge in [-0.25, -0.2) is 0 Å². The predicted octanol–water partition coefficient (Wildman–Crippen LogP) is 0.997. The molecule has 0 spiro atoms. The molecule has 13 heavy (non-hydrogen) atoms. The maximum absolute atomic E-state index is 11.6. The quantitative estimate of drug-likeness (QED) is 0.707. The van der Waals surface area contributed by atoms with Crippen LogP contribution in [-0.4, -0.2) is 36.5 Å². The van der Waals surface area contributed by atoms with Crippen molar-refractivity contribution in [3.63, 3.8) is 0 Å². The van der Waals surface area contributed by atoms with Crippen LogP contribution < -0.4 is 5.32 Å². The summed E-state index contributed by atoms with van der Waals surface area (Å²) in [6.07, 6.45) is 3.21. The molecular weight excluding hydrogens is 164 g/mol. The zero-order valence-electron chi connectivity index (χ0n) is 8.68. The number of likely N-dealkylation sites (tertiary alicyclic amines) is 1. The van der Waals surface area contributed by atoms with E-state index in [1.54, 1.807) is 0 Å². The summed E-state index contributed by atoms with van der Waals surface area (Å²) in [5, 5.41) is 2.96. The third-order valence-electron chi connectivity index (χ3n) is 2.62. The van der Waals surface area contributed by atoms with Crippen LogP contribution in [0.1, 0.15) is 33.1 Å². The van der Waals surface area contributed by atoms with E-state index in [2.05, 4.69) is 24.1 Å². The molecule has 1 aliphatic heterocycles. The van der Waals surface area contributed by atoms with Gasteiger partial charge in [-0.1, -0.05) is 13.8 Å². The fourth-order valence-corrected chi connectivity index (χ4v) is 1.87. The number of nitrogens with zero attached hydrogens (tertiary/aromatic N) is 1. The van der Waals surface area contributed by atoms with E-state index in [1.165, 1.54) is 0 Å². The summed E-state index contributed by atoms with van der Waals surface area (Å²) in [6, 6.07) is 0.150. The first-order valence-corrected chi connectivity index (χ1v) is 5.31. The highest BCUT2D eigenvalue weighted by atomic mass is 16.2. The monoisotopic (exact) mass is 184 g/mol. The van der Waals surface area contributed by atoms with Crippen molar-refractivity contribution in [2.75, 3.05) is 19.6 Å². The molecule has 3 nitrogen and oxygen atoms in total. The molecule has 0 aliphatic carbocycles. The molecular formula is C10H20N2O. The summed E-state index contributed by atoms with van der Waals surface area (Å²) < 4.78 is 0. The van der Waals surface area contributed by atoms with Crippen molar-refractivity contribution in [3.8, 4) is 0 Å². The van der Waals surface area contributed by atoms with Crippen LogP contribution in [0.2, 0.25) is 0 Å². The van der Waals surface area contributed by atoms with Crippen LogP contribution in [0.3, 0.4) is 0 Å². The number of amides is 1. The average Bonchev–Trinajstić information content (AvgIpc) is 2.61. The zero-order chi connectivity index (χ0) is 9.68. The van der Waals surface area contributed by atoms with Gasteiger partial charge in [0.1, 0.15) is 0 Å². The van der Waals surface area contributed by atoms with Gasteiger partial charge in [0.15, 0.2) is 0 Å². The maximum Gasteiger partial charge on any atom is 0.237 e. The van der Waals surface area contributed by atoms with Gasteiger partial charge in [-0.05, 0) is 32.4 Å². The van der Waals surface area contributed by atoms with Crippen molar-refractivity contribution in [2.24, 2.45) is 0 Å². The van der Waals surface area contributed by atoms with Crippen LogP contribution in [0.4, 0.5) is 0 Å². The van der Waals surface area contributed by atoms with Crippen molar-refractivity contribution in [1.82, 2.24) is 10.2 Å². The molecule has 1 N–H and O–H groups in total. The van der Waals surface area contributed by atoms with E-state index in [1.807, 2.05) is 0 Å². The minimum atomic E-state index is 0.150. The highest BCUT2D eigenvalue weighted by Crippen LogP contribution is 2.16. The highest BCUT2D eigenvalue weighted by Gasteiger charge is 2.28. The molecule has 1 fully saturated rings. The lowest BCUT2D eigenvalue weighted by Gasteiger charge is -2.21. The van der Waals surface area contributed by atoms with E-state index in [4.69, 9.17) is 0 Å². The molecule has 0 aromatic rings. The Kier molecular flexibility index (Phi) is 4.22. The van der Waals surface area contributed by atoms with Gasteiger partial charge < -0.3 is 5.32 Å². The molecule has 1 unspecified atom stereocenters. The van der Waals surface area contributed by atoms with Gasteiger partial charge in [0, 0.05) is 6.54 Å². The number of nitrogens with one attached hydrogen (secondary N) is 1. The van der Waals surface area contributed by atoms with Crippen LogP contribution in [0.25, 0.3) is 0 Å². The Hall–Kier alpha value is -0.570. The van der Waals surface area contributed by atoms with Crippen molar-refractivity contribution >= 4 is 5.91 Å². The molecule has 0 bridgehead atoms. The molecule has 76 valence electrons. The molecule has 1 heterocycles. The van der Waals surface area contributed by atoms with E-state index < -0.39 is 0 Å². The van der Waals surface area contributed by atoms with Crippen molar-refractivity contribution in [1.29, 1.82) is 0 Å². The van der Waals surface area contributed by atoms with E-state index in [0.29, 0.717) is 0 Å². The molecule has 0 saturated carbocycles. The molecule has 1 rings (SSSR count). The number of rotatable bonds is 4. The van der Waals surface area contributed by atoms with Crippen molar-refractivity contribution < 1.29 is 4.79 Å². The number of hydrogen-bond donors (Lipinski definition) is 1. The van der Waals surface area contributed by atoms with Crippen LogP contribution in [0.15, 0.2) is 0 Å². The number of carbonyl (C=O) groups is 1. The van der Waals surface area contributed by atoms with Crippen LogP contribution in [0.5, 0.6) is 0 Å². The van der Waals surface area contributed by atoms with E-state index in [9.17, 15) is 4.79 Å². The normalized spacial score (nSPS) is 23.4. The molecule has 1 amide bonds. The fourth-order valence-electron chi connectivity index (χ4n) is 1.87. The third kappa shape index (κ3) is 2.69. The van der Waals surface area contributed by atoms with Crippen LogP contribution in [0, 0.1) is 0 Å². The summed E-state index contributed by atoms with van der Waals surface area (Å²) in [5.41, 5.74) is 0. The topological polar surface area (TPSA) is 32.3 Å². The smallest absolute Gasteiger partial charge is 0.237 e. The summed E-state index contributed by atoms with van der Waals surface area (Å²) in [7, 11) is 0. The third-order valence-corrected chi connectivity index (χ3v) is 2.62. The lowest BCUT2D eigenvalue weighted by molar-refractivity contribution is -0.125. The molecule has 1 aliphatic rings. The van der Waals surface area contributed by atoms with Gasteiger partial charge >= 0.3 is 0 Å². The van der Waals surface area contributed by atoms with Gasteiger partial charge in [-0.3, -0.25) is 9.69 Å². The maximum atomic E-state index is 11.6. The second-order valence-corrected chi connectivity index (χ2v) is 3.58. The molecule has 0 aromatic heterocycles. The van der Waals surface area contributed by atoms with Crippen LogP contribution in [-0.2, 0) is 4.79 Å². The summed E-state index contributed by atoms with van der Waals surface area (Å²) in [5.74, 6) is 0.223. The Morgan fingerprint density at radius 1 is 1.54 bits per heavy atom. The predicted molar refractivity (Wildman–Crippen MR) is 53.6 cm³/mol. The molecule has 1 saturated heterocycles. The standard InChI is InChI=1S/C10H20N2O/c1-3-7-11-10(13)9-6-5-8-12(9)4-2/h9H,3-8H2,1-2H3,(H,11,13). The first kappa shape index (κ1) is 10.5. The average molecular weight is 184 g/mol. The molecule has 0 radical (unpaired) electrons. The Balaban J connectivity index is 2.36. The first-order valence-electron chi connectivity index (χ1n) is 5.31. The van der Waals surface area contributed by atoms with Gasteiger partial charge in [0.2, 0.25) is 5.91 Å². The second-order valence-electron chi connectivity index (χ2n) is 3.58. The lowest BCUT2D eigenvalue weighted by atomic mass is 10.2.